The van der Waals surface area contributed by atoms with E-state index < -0.39 is 0 Å². The summed E-state index contributed by atoms with van der Waals surface area (Å²) >= 11 is 0. The van der Waals surface area contributed by atoms with Crippen molar-refractivity contribution in [1.29, 1.82) is 0 Å². The summed E-state index contributed by atoms with van der Waals surface area (Å²) in [6, 6.07) is 10.3. The molecule has 0 spiro atoms. The van der Waals surface area contributed by atoms with Gasteiger partial charge in [0.1, 0.15) is 0 Å². The van der Waals surface area contributed by atoms with Gasteiger partial charge in [0.15, 0.2) is 0 Å². The van der Waals surface area contributed by atoms with E-state index in [9.17, 15) is 0 Å². The van der Waals surface area contributed by atoms with Gasteiger partial charge in [-0.3, -0.25) is 16.3 Å². The lowest BCUT2D eigenvalue weighted by molar-refractivity contribution is -0.0898. The van der Waals surface area contributed by atoms with Gasteiger partial charge in [0.25, 0.3) is 0 Å². The van der Waals surface area contributed by atoms with Crippen molar-refractivity contribution in [2.75, 3.05) is 6.61 Å². The van der Waals surface area contributed by atoms with E-state index in [1.165, 1.54) is 6.42 Å². The highest BCUT2D eigenvalue weighted by atomic mass is 16.5. The van der Waals surface area contributed by atoms with Crippen LogP contribution < -0.4 is 11.3 Å². The number of nitrogens with two attached hydrogens (primary N) is 1. The summed E-state index contributed by atoms with van der Waals surface area (Å²) in [5.41, 5.74) is 4.85. The highest BCUT2D eigenvalue weighted by Crippen LogP contribution is 2.36. The van der Waals surface area contributed by atoms with Crippen LogP contribution >= 0.6 is 0 Å². The topological polar surface area (TPSA) is 60.2 Å². The standard InChI is InChI=1S/C16H21N3O/c1-16(8-2-3-10-20-16)15(19-17)13-6-7-14-12(11-13)5-4-9-18-14/h4-7,9,11,15,19H,2-3,8,10,17H2,1H3. The van der Waals surface area contributed by atoms with E-state index >= 15 is 0 Å². The third-order valence-electron chi connectivity index (χ3n) is 4.24. The Morgan fingerprint density at radius 1 is 1.35 bits per heavy atom. The Hall–Kier alpha value is -1.49. The van der Waals surface area contributed by atoms with E-state index in [1.54, 1.807) is 0 Å². The first-order valence-electron chi connectivity index (χ1n) is 7.18. The second-order valence-electron chi connectivity index (χ2n) is 5.67. The van der Waals surface area contributed by atoms with E-state index in [0.717, 1.165) is 35.9 Å². The molecule has 1 aliphatic heterocycles. The fourth-order valence-electron chi connectivity index (χ4n) is 3.08. The number of fused-ring (bicyclic) bond motifs is 1. The van der Waals surface area contributed by atoms with Gasteiger partial charge in [-0.15, -0.1) is 0 Å². The molecule has 2 atom stereocenters. The average molecular weight is 271 g/mol. The van der Waals surface area contributed by atoms with Gasteiger partial charge in [0.2, 0.25) is 0 Å². The Bertz CT molecular complexity index is 593. The van der Waals surface area contributed by atoms with E-state index in [-0.39, 0.29) is 11.6 Å². The maximum absolute atomic E-state index is 6.03. The number of benzene rings is 1. The van der Waals surface area contributed by atoms with Crippen LogP contribution in [0.5, 0.6) is 0 Å². The molecule has 3 N–H and O–H groups in total. The molecule has 1 fully saturated rings. The number of hydrogen-bond acceptors (Lipinski definition) is 4. The molecule has 1 aliphatic rings. The van der Waals surface area contributed by atoms with Crippen LogP contribution in [0.3, 0.4) is 0 Å². The van der Waals surface area contributed by atoms with Gasteiger partial charge in [0, 0.05) is 18.2 Å². The summed E-state index contributed by atoms with van der Waals surface area (Å²) in [6.45, 7) is 2.95. The first kappa shape index (κ1) is 13.5. The van der Waals surface area contributed by atoms with Crippen LogP contribution in [0.1, 0.15) is 37.8 Å². The van der Waals surface area contributed by atoms with Crippen molar-refractivity contribution >= 4 is 10.9 Å². The molecule has 0 radical (unpaired) electrons. The highest BCUT2D eigenvalue weighted by molar-refractivity contribution is 5.79. The number of nitrogens with zero attached hydrogens (tertiary/aromatic N) is 1. The molecule has 0 amide bonds. The third-order valence-corrected chi connectivity index (χ3v) is 4.24. The molecule has 20 heavy (non-hydrogen) atoms. The van der Waals surface area contributed by atoms with Crippen molar-refractivity contribution in [3.63, 3.8) is 0 Å². The number of hydrogen-bond donors (Lipinski definition) is 2. The largest absolute Gasteiger partial charge is 0.373 e. The normalized spacial score (nSPS) is 24.7. The lowest BCUT2D eigenvalue weighted by Gasteiger charge is -2.40. The quantitative estimate of drug-likeness (QED) is 0.665. The minimum Gasteiger partial charge on any atom is -0.373 e. The second-order valence-corrected chi connectivity index (χ2v) is 5.67. The van der Waals surface area contributed by atoms with Crippen molar-refractivity contribution < 1.29 is 4.74 Å². The minimum absolute atomic E-state index is 0.00703. The van der Waals surface area contributed by atoms with Gasteiger partial charge in [0.05, 0.1) is 17.2 Å². The van der Waals surface area contributed by atoms with E-state index in [2.05, 4.69) is 35.5 Å². The molecule has 106 valence electrons. The lowest BCUT2D eigenvalue weighted by atomic mass is 9.84. The predicted molar refractivity (Wildman–Crippen MR) is 80.0 cm³/mol. The fraction of sp³-hybridized carbons (Fsp3) is 0.438. The highest BCUT2D eigenvalue weighted by Gasteiger charge is 2.37. The minimum atomic E-state index is -0.247. The molecule has 2 unspecified atom stereocenters. The van der Waals surface area contributed by atoms with E-state index in [4.69, 9.17) is 10.6 Å². The average Bonchev–Trinajstić information content (AvgIpc) is 2.48. The molecule has 4 heteroatoms. The van der Waals surface area contributed by atoms with Crippen LogP contribution in [0.15, 0.2) is 36.5 Å². The summed E-state index contributed by atoms with van der Waals surface area (Å²) in [7, 11) is 0. The van der Waals surface area contributed by atoms with Crippen molar-refractivity contribution in [3.05, 3.63) is 42.1 Å². The molecule has 3 rings (SSSR count). The third kappa shape index (κ3) is 2.42. The first-order chi connectivity index (χ1) is 9.73. The maximum atomic E-state index is 6.03. The molecule has 0 saturated carbocycles. The van der Waals surface area contributed by atoms with Gasteiger partial charge in [-0.25, -0.2) is 0 Å². The summed E-state index contributed by atoms with van der Waals surface area (Å²) in [5.74, 6) is 5.82. The van der Waals surface area contributed by atoms with Gasteiger partial charge >= 0.3 is 0 Å². The molecule has 1 aromatic heterocycles. The summed E-state index contributed by atoms with van der Waals surface area (Å²) in [4.78, 5) is 4.35. The second kappa shape index (κ2) is 5.48. The molecule has 2 aromatic rings. The zero-order chi connectivity index (χ0) is 14.0. The van der Waals surface area contributed by atoms with Gasteiger partial charge in [-0.1, -0.05) is 12.1 Å². The van der Waals surface area contributed by atoms with Crippen LogP contribution in [-0.4, -0.2) is 17.2 Å². The van der Waals surface area contributed by atoms with Gasteiger partial charge < -0.3 is 4.74 Å². The van der Waals surface area contributed by atoms with Gasteiger partial charge in [-0.2, -0.15) is 0 Å². The number of aromatic nitrogens is 1. The predicted octanol–water partition coefficient (Wildman–Crippen LogP) is 2.70. The molecule has 4 nitrogen and oxygen atoms in total. The van der Waals surface area contributed by atoms with Gasteiger partial charge in [-0.05, 0) is 49.9 Å². The molecule has 0 aliphatic carbocycles. The monoisotopic (exact) mass is 271 g/mol. The fourth-order valence-corrected chi connectivity index (χ4v) is 3.08. The van der Waals surface area contributed by atoms with Crippen molar-refractivity contribution in [2.24, 2.45) is 5.84 Å². The summed E-state index contributed by atoms with van der Waals surface area (Å²) in [5, 5.41) is 1.13. The Kier molecular flexibility index (Phi) is 3.70. The van der Waals surface area contributed by atoms with Crippen LogP contribution in [0, 0.1) is 0 Å². The maximum Gasteiger partial charge on any atom is 0.0861 e. The van der Waals surface area contributed by atoms with Crippen LogP contribution in [0.4, 0.5) is 0 Å². The first-order valence-corrected chi connectivity index (χ1v) is 7.18. The van der Waals surface area contributed by atoms with E-state index in [1.807, 2.05) is 18.3 Å². The Morgan fingerprint density at radius 2 is 2.25 bits per heavy atom. The zero-order valence-electron chi connectivity index (χ0n) is 11.8. The van der Waals surface area contributed by atoms with Crippen LogP contribution in [-0.2, 0) is 4.74 Å². The van der Waals surface area contributed by atoms with Crippen LogP contribution in [0.25, 0.3) is 10.9 Å². The van der Waals surface area contributed by atoms with E-state index in [0.29, 0.717) is 0 Å². The summed E-state index contributed by atoms with van der Waals surface area (Å²) < 4.78 is 6.03. The Balaban J connectivity index is 1.98. The zero-order valence-corrected chi connectivity index (χ0v) is 11.8. The molecule has 2 heterocycles. The number of ether oxygens (including phenoxy) is 1. The molecular weight excluding hydrogens is 250 g/mol. The Morgan fingerprint density at radius 3 is 3.00 bits per heavy atom. The molecule has 0 bridgehead atoms. The number of pyridine rings is 1. The lowest BCUT2D eigenvalue weighted by Crippen LogP contribution is -2.48. The number of hydrazine groups is 1. The smallest absolute Gasteiger partial charge is 0.0861 e. The molecule has 1 aromatic carbocycles. The van der Waals surface area contributed by atoms with Crippen molar-refractivity contribution in [2.45, 2.75) is 37.8 Å². The Labute approximate surface area is 119 Å². The molecular formula is C16H21N3O. The van der Waals surface area contributed by atoms with Crippen LogP contribution in [0.2, 0.25) is 0 Å². The number of rotatable bonds is 3. The van der Waals surface area contributed by atoms with Crippen molar-refractivity contribution in [1.82, 2.24) is 10.4 Å². The van der Waals surface area contributed by atoms with Crippen molar-refractivity contribution in [3.8, 4) is 0 Å². The number of nitrogens with one attached hydrogen (secondary N) is 1. The molecule has 1 saturated heterocycles. The SMILES string of the molecule is CC1(C(NN)c2ccc3ncccc3c2)CCCCO1. The summed E-state index contributed by atoms with van der Waals surface area (Å²) in [6.07, 6.45) is 5.15.